The minimum Gasteiger partial charge on any atom is -0.493 e. The van der Waals surface area contributed by atoms with Crippen LogP contribution in [0.15, 0.2) is 46.6 Å². The number of imide groups is 1. The predicted molar refractivity (Wildman–Crippen MR) is 105 cm³/mol. The number of benzene rings is 2. The minimum absolute atomic E-state index is 0.0967. The molecule has 0 aliphatic carbocycles. The lowest BCUT2D eigenvalue weighted by Crippen LogP contribution is -2.30. The van der Waals surface area contributed by atoms with Gasteiger partial charge in [0.25, 0.3) is 5.91 Å². The predicted octanol–water partition coefficient (Wildman–Crippen LogP) is 4.09. The van der Waals surface area contributed by atoms with Crippen LogP contribution in [0.4, 0.5) is 9.18 Å². The summed E-state index contributed by atoms with van der Waals surface area (Å²) in [4.78, 5) is 25.8. The van der Waals surface area contributed by atoms with Gasteiger partial charge in [-0.15, -0.1) is 0 Å². The van der Waals surface area contributed by atoms with E-state index in [2.05, 4.69) is 21.2 Å². The van der Waals surface area contributed by atoms with E-state index in [1.54, 1.807) is 24.3 Å². The molecule has 28 heavy (non-hydrogen) atoms. The molecule has 1 saturated heterocycles. The van der Waals surface area contributed by atoms with Gasteiger partial charge in [0.2, 0.25) is 0 Å². The summed E-state index contributed by atoms with van der Waals surface area (Å²) < 4.78 is 25.4. The summed E-state index contributed by atoms with van der Waals surface area (Å²) in [6, 6.07) is 8.86. The molecule has 0 unspecified atom stereocenters. The van der Waals surface area contributed by atoms with Crippen molar-refractivity contribution in [2.45, 2.75) is 13.5 Å². The Bertz CT molecular complexity index is 961. The molecule has 0 aromatic heterocycles. The van der Waals surface area contributed by atoms with E-state index in [9.17, 15) is 14.0 Å². The standard InChI is InChI=1S/C20H18BrFN2O4/c1-3-28-18-14(21)8-12(10-17(18)27-2)9-16-19(25)24(20(26)23-16)11-13-6-4-5-7-15(13)22/h4-10H,3,11H2,1-2H3,(H,23,26). The summed E-state index contributed by atoms with van der Waals surface area (Å²) in [5.74, 6) is 0.0381. The molecule has 0 atom stereocenters. The van der Waals surface area contributed by atoms with Crippen LogP contribution in [-0.4, -0.2) is 30.6 Å². The topological polar surface area (TPSA) is 67.9 Å². The van der Waals surface area contributed by atoms with Crippen molar-refractivity contribution in [1.29, 1.82) is 0 Å². The van der Waals surface area contributed by atoms with Crippen LogP contribution >= 0.6 is 15.9 Å². The number of amides is 3. The summed E-state index contributed by atoms with van der Waals surface area (Å²) in [6.45, 7) is 2.18. The summed E-state index contributed by atoms with van der Waals surface area (Å²) in [5.41, 5.74) is 0.987. The number of carbonyl (C=O) groups excluding carboxylic acids is 2. The highest BCUT2D eigenvalue weighted by Gasteiger charge is 2.34. The van der Waals surface area contributed by atoms with Crippen LogP contribution < -0.4 is 14.8 Å². The van der Waals surface area contributed by atoms with E-state index in [4.69, 9.17) is 9.47 Å². The molecule has 146 valence electrons. The first-order chi connectivity index (χ1) is 13.4. The summed E-state index contributed by atoms with van der Waals surface area (Å²) in [6.07, 6.45) is 1.53. The van der Waals surface area contributed by atoms with Gasteiger partial charge in [-0.3, -0.25) is 9.69 Å². The summed E-state index contributed by atoms with van der Waals surface area (Å²) in [5, 5.41) is 2.53. The van der Waals surface area contributed by atoms with E-state index < -0.39 is 17.8 Å². The lowest BCUT2D eigenvalue weighted by Gasteiger charge is -2.13. The molecular weight excluding hydrogens is 431 g/mol. The second-order valence-electron chi connectivity index (χ2n) is 5.94. The molecule has 1 aliphatic heterocycles. The zero-order valence-electron chi connectivity index (χ0n) is 15.3. The Kier molecular flexibility index (Phi) is 5.99. The highest BCUT2D eigenvalue weighted by Crippen LogP contribution is 2.37. The van der Waals surface area contributed by atoms with Gasteiger partial charge in [-0.2, -0.15) is 0 Å². The average molecular weight is 449 g/mol. The molecule has 6 nitrogen and oxygen atoms in total. The number of ether oxygens (including phenoxy) is 2. The average Bonchev–Trinajstić information content (AvgIpc) is 2.92. The van der Waals surface area contributed by atoms with Gasteiger partial charge in [0.15, 0.2) is 11.5 Å². The maximum absolute atomic E-state index is 13.9. The first kappa shape index (κ1) is 19.9. The molecule has 1 heterocycles. The molecule has 3 rings (SSSR count). The van der Waals surface area contributed by atoms with E-state index in [0.29, 0.717) is 28.1 Å². The van der Waals surface area contributed by atoms with Crippen molar-refractivity contribution in [3.05, 3.63) is 63.5 Å². The lowest BCUT2D eigenvalue weighted by atomic mass is 10.1. The Morgan fingerprint density at radius 3 is 2.68 bits per heavy atom. The second-order valence-corrected chi connectivity index (χ2v) is 6.79. The number of hydrogen-bond donors (Lipinski definition) is 1. The van der Waals surface area contributed by atoms with Crippen LogP contribution in [0.3, 0.4) is 0 Å². The van der Waals surface area contributed by atoms with E-state index in [1.165, 1.54) is 25.3 Å². The molecule has 3 amide bonds. The molecule has 0 bridgehead atoms. The zero-order chi connectivity index (χ0) is 20.3. The summed E-state index contributed by atoms with van der Waals surface area (Å²) in [7, 11) is 1.51. The number of halogens is 2. The fourth-order valence-electron chi connectivity index (χ4n) is 2.79. The maximum atomic E-state index is 13.9. The molecule has 0 radical (unpaired) electrons. The first-order valence-corrected chi connectivity index (χ1v) is 9.32. The number of nitrogens with zero attached hydrogens (tertiary/aromatic N) is 1. The Morgan fingerprint density at radius 2 is 2.00 bits per heavy atom. The van der Waals surface area contributed by atoms with Crippen molar-refractivity contribution < 1.29 is 23.5 Å². The van der Waals surface area contributed by atoms with Crippen LogP contribution in [0.25, 0.3) is 6.08 Å². The third kappa shape index (κ3) is 4.01. The van der Waals surface area contributed by atoms with Crippen LogP contribution in [0.1, 0.15) is 18.1 Å². The molecule has 2 aromatic rings. The highest BCUT2D eigenvalue weighted by atomic mass is 79.9. The molecule has 1 aliphatic rings. The largest absolute Gasteiger partial charge is 0.493 e. The quantitative estimate of drug-likeness (QED) is 0.533. The number of hydrogen-bond acceptors (Lipinski definition) is 4. The van der Waals surface area contributed by atoms with Crippen molar-refractivity contribution in [3.8, 4) is 11.5 Å². The first-order valence-electron chi connectivity index (χ1n) is 8.52. The smallest absolute Gasteiger partial charge is 0.329 e. The van der Waals surface area contributed by atoms with Crippen LogP contribution in [-0.2, 0) is 11.3 Å². The molecule has 8 heteroatoms. The van der Waals surface area contributed by atoms with E-state index in [1.807, 2.05) is 6.92 Å². The zero-order valence-corrected chi connectivity index (χ0v) is 16.9. The minimum atomic E-state index is -0.600. The van der Waals surface area contributed by atoms with Gasteiger partial charge in [0.1, 0.15) is 11.5 Å². The number of carbonyl (C=O) groups is 2. The fourth-order valence-corrected chi connectivity index (χ4v) is 3.36. The Balaban J connectivity index is 1.87. The van der Waals surface area contributed by atoms with E-state index in [-0.39, 0.29) is 17.8 Å². The fraction of sp³-hybridized carbons (Fsp3) is 0.200. The Morgan fingerprint density at radius 1 is 1.25 bits per heavy atom. The van der Waals surface area contributed by atoms with Gasteiger partial charge in [0.05, 0.1) is 24.7 Å². The monoisotopic (exact) mass is 448 g/mol. The molecule has 1 N–H and O–H groups in total. The number of rotatable bonds is 6. The molecule has 0 saturated carbocycles. The lowest BCUT2D eigenvalue weighted by molar-refractivity contribution is -0.123. The number of urea groups is 1. The van der Waals surface area contributed by atoms with E-state index in [0.717, 1.165) is 4.90 Å². The molecule has 0 spiro atoms. The number of methoxy groups -OCH3 is 1. The van der Waals surface area contributed by atoms with Crippen molar-refractivity contribution in [1.82, 2.24) is 10.2 Å². The van der Waals surface area contributed by atoms with Gasteiger partial charge < -0.3 is 14.8 Å². The highest BCUT2D eigenvalue weighted by molar-refractivity contribution is 9.10. The van der Waals surface area contributed by atoms with Crippen molar-refractivity contribution >= 4 is 33.9 Å². The molecule has 2 aromatic carbocycles. The summed E-state index contributed by atoms with van der Waals surface area (Å²) >= 11 is 3.42. The van der Waals surface area contributed by atoms with Crippen LogP contribution in [0.2, 0.25) is 0 Å². The third-order valence-corrected chi connectivity index (χ3v) is 4.69. The van der Waals surface area contributed by atoms with Gasteiger partial charge >= 0.3 is 6.03 Å². The van der Waals surface area contributed by atoms with Crippen molar-refractivity contribution in [2.24, 2.45) is 0 Å². The Hall–Kier alpha value is -2.87. The van der Waals surface area contributed by atoms with Gasteiger partial charge in [0, 0.05) is 5.56 Å². The van der Waals surface area contributed by atoms with Crippen molar-refractivity contribution in [3.63, 3.8) is 0 Å². The van der Waals surface area contributed by atoms with E-state index >= 15 is 0 Å². The normalized spacial score (nSPS) is 15.1. The Labute approximate surface area is 170 Å². The second kappa shape index (κ2) is 8.43. The third-order valence-electron chi connectivity index (χ3n) is 4.10. The van der Waals surface area contributed by atoms with Gasteiger partial charge in [-0.05, 0) is 52.7 Å². The molecular formula is C20H18BrFN2O4. The van der Waals surface area contributed by atoms with Gasteiger partial charge in [-0.1, -0.05) is 18.2 Å². The molecule has 1 fully saturated rings. The van der Waals surface area contributed by atoms with Crippen molar-refractivity contribution in [2.75, 3.05) is 13.7 Å². The maximum Gasteiger partial charge on any atom is 0.329 e. The van der Waals surface area contributed by atoms with Crippen LogP contribution in [0, 0.1) is 5.82 Å². The van der Waals surface area contributed by atoms with Gasteiger partial charge in [-0.25, -0.2) is 9.18 Å². The number of nitrogens with one attached hydrogen (secondary N) is 1. The van der Waals surface area contributed by atoms with Crippen LogP contribution in [0.5, 0.6) is 11.5 Å². The SMILES string of the molecule is CCOc1c(Br)cc(C=C2NC(=O)N(Cc3ccccc3F)C2=O)cc1OC.